The number of amides is 4. The van der Waals surface area contributed by atoms with Crippen molar-refractivity contribution in [2.24, 2.45) is 17.0 Å². The summed E-state index contributed by atoms with van der Waals surface area (Å²) in [6, 6.07) is 21.7. The highest BCUT2D eigenvalue weighted by Gasteiger charge is 2.45. The monoisotopic (exact) mass is 756 g/mol. The molecule has 14 heteroatoms. The first-order valence-corrected chi connectivity index (χ1v) is 19.5. The third kappa shape index (κ3) is 9.30. The number of aliphatic hydroxyl groups is 1. The van der Waals surface area contributed by atoms with Crippen LogP contribution in [0.1, 0.15) is 50.8 Å². The van der Waals surface area contributed by atoms with Crippen molar-refractivity contribution in [2.75, 3.05) is 19.6 Å². The predicted molar refractivity (Wildman–Crippen MR) is 205 cm³/mol. The highest BCUT2D eigenvalue weighted by molar-refractivity contribution is 7.89. The molecule has 0 radical (unpaired) electrons. The van der Waals surface area contributed by atoms with Crippen LogP contribution in [0.5, 0.6) is 0 Å². The molecule has 1 saturated heterocycles. The lowest BCUT2D eigenvalue weighted by molar-refractivity contribution is -0.129. The molecule has 4 amide bonds. The predicted octanol–water partition coefficient (Wildman–Crippen LogP) is 4.66. The number of aliphatic hydroxyl groups excluding tert-OH is 1. The Morgan fingerprint density at radius 1 is 0.981 bits per heavy atom. The number of sulfonamides is 1. The molecule has 1 aromatic heterocycles. The number of carbonyl (C=O) groups excluding carboxylic acids is 3. The molecule has 0 saturated carbocycles. The Kier molecular flexibility index (Phi) is 13.2. The summed E-state index contributed by atoms with van der Waals surface area (Å²) in [6.07, 6.45) is 2.13. The second-order valence-electron chi connectivity index (χ2n) is 14.1. The second kappa shape index (κ2) is 17.8. The van der Waals surface area contributed by atoms with Crippen LogP contribution in [-0.2, 0) is 32.6 Å². The minimum Gasteiger partial charge on any atom is -0.411 e. The molecule has 2 heterocycles. The summed E-state index contributed by atoms with van der Waals surface area (Å²) >= 11 is 0. The summed E-state index contributed by atoms with van der Waals surface area (Å²) in [5, 5.41) is 27.5. The van der Waals surface area contributed by atoms with Crippen LogP contribution in [-0.4, -0.2) is 99.7 Å². The van der Waals surface area contributed by atoms with E-state index in [4.69, 9.17) is 5.21 Å². The molecule has 1 fully saturated rings. The van der Waals surface area contributed by atoms with Gasteiger partial charge in [-0.15, -0.1) is 0 Å². The summed E-state index contributed by atoms with van der Waals surface area (Å²) < 4.78 is 29.1. The molecule has 3 N–H and O–H groups in total. The number of aromatic nitrogens is 1. The first-order valence-electron chi connectivity index (χ1n) is 18.1. The van der Waals surface area contributed by atoms with Crippen LogP contribution in [0.25, 0.3) is 10.9 Å². The molecule has 286 valence electrons. The van der Waals surface area contributed by atoms with Gasteiger partial charge < -0.3 is 20.5 Å². The molecule has 3 aromatic carbocycles. The quantitative estimate of drug-likeness (QED) is 0.0604. The van der Waals surface area contributed by atoms with Crippen LogP contribution in [0.3, 0.4) is 0 Å². The third-order valence-electron chi connectivity index (χ3n) is 9.71. The van der Waals surface area contributed by atoms with Gasteiger partial charge in [0.05, 0.1) is 35.3 Å². The van der Waals surface area contributed by atoms with E-state index in [1.54, 1.807) is 12.3 Å². The third-order valence-corrected chi connectivity index (χ3v) is 11.6. The number of hydrogen-bond acceptors (Lipinski definition) is 9. The fraction of sp³-hybridized carbons (Fsp3) is 0.375. The summed E-state index contributed by atoms with van der Waals surface area (Å²) in [5.41, 5.74) is 2.78. The van der Waals surface area contributed by atoms with Gasteiger partial charge in [0.2, 0.25) is 15.9 Å². The fourth-order valence-electron chi connectivity index (χ4n) is 6.70. The van der Waals surface area contributed by atoms with Gasteiger partial charge in [0.15, 0.2) is 0 Å². The van der Waals surface area contributed by atoms with E-state index >= 15 is 0 Å². The number of para-hydroxylation sites is 1. The molecule has 0 bridgehead atoms. The number of nitrogens with one attached hydrogen (secondary N) is 1. The van der Waals surface area contributed by atoms with Crippen LogP contribution in [0.15, 0.2) is 101 Å². The highest BCUT2D eigenvalue weighted by Crippen LogP contribution is 2.26. The van der Waals surface area contributed by atoms with Gasteiger partial charge in [-0.25, -0.2) is 13.2 Å². The maximum Gasteiger partial charge on any atom is 0.328 e. The smallest absolute Gasteiger partial charge is 0.328 e. The van der Waals surface area contributed by atoms with Crippen LogP contribution < -0.4 is 5.32 Å². The van der Waals surface area contributed by atoms with Crippen molar-refractivity contribution in [2.45, 2.75) is 70.2 Å². The lowest BCUT2D eigenvalue weighted by atomic mass is 9.95. The van der Waals surface area contributed by atoms with Gasteiger partial charge >= 0.3 is 6.03 Å². The number of urea groups is 1. The summed E-state index contributed by atoms with van der Waals surface area (Å²) in [4.78, 5) is 48.6. The van der Waals surface area contributed by atoms with Crippen LogP contribution in [0, 0.1) is 11.8 Å². The molecule has 1 aliphatic heterocycles. The Bertz CT molecular complexity index is 2050. The number of fused-ring (bicyclic) bond motifs is 1. The second-order valence-corrected chi connectivity index (χ2v) is 16.0. The van der Waals surface area contributed by atoms with E-state index < -0.39 is 46.1 Å². The standard InChI is InChI=1S/C40H48N6O7S/c1-5-28(4)38(46-26-37(48)45(40(46)50)24-31-19-20-41-34-14-10-9-13-33(31)34)39(49)43-35(21-29-11-7-6-8-12-29)36(47)25-44(23-27(2)3)54(52,53)32-17-15-30(16-18-32)22-42-51/h6-20,22,27-28,35-36,38,47,51H,5,21,23-26H2,1-4H3,(H,43,49)/t28-,35-,36+,38-/m0/s1. The molecule has 54 heavy (non-hydrogen) atoms. The number of imide groups is 1. The largest absolute Gasteiger partial charge is 0.411 e. The molecule has 1 aliphatic rings. The fourth-order valence-corrected chi connectivity index (χ4v) is 8.32. The molecule has 4 aromatic rings. The average Bonchev–Trinajstić information content (AvgIpc) is 3.42. The van der Waals surface area contributed by atoms with Gasteiger partial charge in [-0.05, 0) is 59.2 Å². The van der Waals surface area contributed by atoms with Gasteiger partial charge in [0.25, 0.3) is 5.91 Å². The van der Waals surface area contributed by atoms with Crippen LogP contribution in [0.4, 0.5) is 4.79 Å². The number of nitrogens with zero attached hydrogens (tertiary/aromatic N) is 5. The first kappa shape index (κ1) is 40.0. The van der Waals surface area contributed by atoms with Gasteiger partial charge in [0.1, 0.15) is 12.6 Å². The van der Waals surface area contributed by atoms with E-state index in [1.165, 1.54) is 39.7 Å². The maximum atomic E-state index is 14.4. The van der Waals surface area contributed by atoms with E-state index in [0.717, 1.165) is 26.9 Å². The first-order chi connectivity index (χ1) is 25.8. The van der Waals surface area contributed by atoms with Gasteiger partial charge in [-0.2, -0.15) is 4.31 Å². The van der Waals surface area contributed by atoms with E-state index in [1.807, 2.05) is 82.3 Å². The number of hydrogen-bond donors (Lipinski definition) is 3. The molecule has 0 spiro atoms. The zero-order valence-corrected chi connectivity index (χ0v) is 31.8. The van der Waals surface area contributed by atoms with Crippen molar-refractivity contribution < 1.29 is 33.1 Å². The minimum atomic E-state index is -4.11. The van der Waals surface area contributed by atoms with Gasteiger partial charge in [-0.1, -0.05) is 99.9 Å². The lowest BCUT2D eigenvalue weighted by Crippen LogP contribution is -2.57. The number of oxime groups is 1. The number of benzene rings is 3. The Balaban J connectivity index is 1.41. The van der Waals surface area contributed by atoms with Crippen molar-refractivity contribution in [3.8, 4) is 0 Å². The van der Waals surface area contributed by atoms with Gasteiger partial charge in [0, 0.05) is 24.7 Å². The van der Waals surface area contributed by atoms with E-state index in [-0.39, 0.29) is 49.3 Å². The molecule has 5 rings (SSSR count). The molecule has 0 unspecified atom stereocenters. The van der Waals surface area contributed by atoms with E-state index in [0.29, 0.717) is 12.0 Å². The van der Waals surface area contributed by atoms with Gasteiger partial charge in [-0.3, -0.25) is 19.5 Å². The highest BCUT2D eigenvalue weighted by atomic mass is 32.2. The zero-order valence-electron chi connectivity index (χ0n) is 30.9. The van der Waals surface area contributed by atoms with Crippen LogP contribution >= 0.6 is 0 Å². The number of pyridine rings is 1. The molecular formula is C40H48N6O7S. The zero-order chi connectivity index (χ0) is 39.0. The maximum absolute atomic E-state index is 14.4. The molecule has 0 aliphatic carbocycles. The Labute approximate surface area is 316 Å². The Hall–Kier alpha value is -5.18. The Morgan fingerprint density at radius 3 is 2.33 bits per heavy atom. The van der Waals surface area contributed by atoms with Crippen molar-refractivity contribution in [3.63, 3.8) is 0 Å². The summed E-state index contributed by atoms with van der Waals surface area (Å²) in [5.74, 6) is -1.46. The van der Waals surface area contributed by atoms with E-state index in [2.05, 4.69) is 15.5 Å². The van der Waals surface area contributed by atoms with Crippen molar-refractivity contribution in [1.82, 2.24) is 24.4 Å². The summed E-state index contributed by atoms with van der Waals surface area (Å²) in [7, 11) is -4.11. The summed E-state index contributed by atoms with van der Waals surface area (Å²) in [6.45, 7) is 6.93. The van der Waals surface area contributed by atoms with Crippen molar-refractivity contribution >= 4 is 45.0 Å². The normalized spacial score (nSPS) is 16.1. The molecule has 4 atom stereocenters. The Morgan fingerprint density at radius 2 is 1.67 bits per heavy atom. The number of carbonyl (C=O) groups is 3. The topological polar surface area (TPSA) is 173 Å². The molecule has 13 nitrogen and oxygen atoms in total. The average molecular weight is 757 g/mol. The molecular weight excluding hydrogens is 709 g/mol. The lowest BCUT2D eigenvalue weighted by Gasteiger charge is -2.34. The van der Waals surface area contributed by atoms with Crippen molar-refractivity contribution in [1.29, 1.82) is 0 Å². The van der Waals surface area contributed by atoms with Crippen molar-refractivity contribution in [3.05, 3.63) is 108 Å². The van der Waals surface area contributed by atoms with E-state index in [9.17, 15) is 27.9 Å². The minimum absolute atomic E-state index is 0.00699. The van der Waals surface area contributed by atoms with Crippen LogP contribution in [0.2, 0.25) is 0 Å². The number of rotatable bonds is 17. The SMILES string of the molecule is CC[C@H](C)[C@@H](C(=O)N[C@@H](Cc1ccccc1)[C@H](O)CN(CC(C)C)S(=O)(=O)c1ccc(C=NO)cc1)N1CC(=O)N(Cc2ccnc3ccccc23)C1=O.